The van der Waals surface area contributed by atoms with E-state index in [1.54, 1.807) is 0 Å². The molecule has 0 amide bonds. The predicted molar refractivity (Wildman–Crippen MR) is 51.7 cm³/mol. The summed E-state index contributed by atoms with van der Waals surface area (Å²) >= 11 is 5.55. The second kappa shape index (κ2) is 4.07. The van der Waals surface area contributed by atoms with Gasteiger partial charge in [0, 0.05) is 17.0 Å². The molecule has 1 rings (SSSR count). The molecular formula is C10H10ClFO2. The van der Waals surface area contributed by atoms with Gasteiger partial charge in [0.1, 0.15) is 12.1 Å². The van der Waals surface area contributed by atoms with E-state index in [0.29, 0.717) is 6.29 Å². The zero-order valence-electron chi connectivity index (χ0n) is 7.63. The normalized spacial score (nSPS) is 14.9. The van der Waals surface area contributed by atoms with E-state index >= 15 is 0 Å². The highest BCUT2D eigenvalue weighted by atomic mass is 35.5. The molecule has 0 aromatic heterocycles. The molecule has 1 aromatic rings. The van der Waals surface area contributed by atoms with Crippen molar-refractivity contribution in [1.82, 2.24) is 0 Å². The maximum atomic E-state index is 13.3. The summed E-state index contributed by atoms with van der Waals surface area (Å²) < 4.78 is 13.3. The van der Waals surface area contributed by atoms with Crippen molar-refractivity contribution in [3.05, 3.63) is 34.6 Å². The van der Waals surface area contributed by atoms with Gasteiger partial charge >= 0.3 is 0 Å². The highest BCUT2D eigenvalue weighted by molar-refractivity contribution is 6.30. The zero-order valence-corrected chi connectivity index (χ0v) is 8.38. The molecule has 0 fully saturated rings. The molecule has 0 aliphatic rings. The molecular weight excluding hydrogens is 207 g/mol. The summed E-state index contributed by atoms with van der Waals surface area (Å²) in [4.78, 5) is 10.3. The van der Waals surface area contributed by atoms with Crippen LogP contribution in [0.15, 0.2) is 18.2 Å². The van der Waals surface area contributed by atoms with Gasteiger partial charge in [-0.1, -0.05) is 17.7 Å². The Kier molecular flexibility index (Phi) is 3.24. The van der Waals surface area contributed by atoms with Crippen molar-refractivity contribution in [2.45, 2.75) is 18.9 Å². The first-order valence-electron chi connectivity index (χ1n) is 4.09. The molecule has 76 valence electrons. The molecule has 1 N–H and O–H groups in total. The van der Waals surface area contributed by atoms with Crippen LogP contribution in [0.4, 0.5) is 4.39 Å². The smallest absolute Gasteiger partial charge is 0.130 e. The Bertz CT molecular complexity index is 350. The Labute approximate surface area is 86.3 Å². The van der Waals surface area contributed by atoms with E-state index in [4.69, 9.17) is 11.6 Å². The molecule has 4 heteroatoms. The minimum Gasteiger partial charge on any atom is -0.385 e. The number of aldehydes is 1. The molecule has 2 nitrogen and oxygen atoms in total. The van der Waals surface area contributed by atoms with Gasteiger partial charge < -0.3 is 9.90 Å². The number of hydrogen-bond donors (Lipinski definition) is 1. The number of carbonyl (C=O) groups excluding carboxylic acids is 1. The number of carbonyl (C=O) groups is 1. The number of halogens is 2. The SMILES string of the molecule is CC(O)(CC=O)c1ccc(Cl)cc1F. The Morgan fingerprint density at radius 2 is 2.29 bits per heavy atom. The summed E-state index contributed by atoms with van der Waals surface area (Å²) in [6, 6.07) is 3.95. The molecule has 0 aliphatic carbocycles. The van der Waals surface area contributed by atoms with E-state index in [1.165, 1.54) is 19.1 Å². The summed E-state index contributed by atoms with van der Waals surface area (Å²) in [5.41, 5.74) is -1.40. The fourth-order valence-electron chi connectivity index (χ4n) is 1.20. The molecule has 0 saturated carbocycles. The molecule has 0 radical (unpaired) electrons. The number of hydrogen-bond acceptors (Lipinski definition) is 2. The lowest BCUT2D eigenvalue weighted by atomic mass is 9.93. The third kappa shape index (κ3) is 2.30. The minimum atomic E-state index is -1.48. The fourth-order valence-corrected chi connectivity index (χ4v) is 1.36. The van der Waals surface area contributed by atoms with Crippen LogP contribution >= 0.6 is 11.6 Å². The minimum absolute atomic E-state index is 0.0778. The Hall–Kier alpha value is -0.930. The van der Waals surface area contributed by atoms with Crippen LogP contribution in [0.5, 0.6) is 0 Å². The van der Waals surface area contributed by atoms with Crippen molar-refractivity contribution < 1.29 is 14.3 Å². The fraction of sp³-hybridized carbons (Fsp3) is 0.300. The van der Waals surface area contributed by atoms with Gasteiger partial charge in [-0.25, -0.2) is 4.39 Å². The van der Waals surface area contributed by atoms with Crippen LogP contribution in [-0.4, -0.2) is 11.4 Å². The topological polar surface area (TPSA) is 37.3 Å². The van der Waals surface area contributed by atoms with Crippen molar-refractivity contribution in [3.63, 3.8) is 0 Å². The van der Waals surface area contributed by atoms with Gasteiger partial charge in [0.05, 0.1) is 5.60 Å². The van der Waals surface area contributed by atoms with E-state index in [1.807, 2.05) is 0 Å². The summed E-state index contributed by atoms with van der Waals surface area (Å²) in [6.45, 7) is 1.38. The second-order valence-electron chi connectivity index (χ2n) is 3.27. The van der Waals surface area contributed by atoms with Gasteiger partial charge in [0.2, 0.25) is 0 Å². The summed E-state index contributed by atoms with van der Waals surface area (Å²) in [5.74, 6) is -0.607. The molecule has 1 atom stereocenters. The van der Waals surface area contributed by atoms with Gasteiger partial charge in [0.25, 0.3) is 0 Å². The molecule has 0 bridgehead atoms. The van der Waals surface area contributed by atoms with Crippen LogP contribution in [0.1, 0.15) is 18.9 Å². The average Bonchev–Trinajstić information content (AvgIpc) is 2.02. The standard InChI is InChI=1S/C10H10ClFO2/c1-10(14,4-5-13)8-3-2-7(11)6-9(8)12/h2-3,5-6,14H,4H2,1H3. The monoisotopic (exact) mass is 216 g/mol. The van der Waals surface area contributed by atoms with Crippen LogP contribution < -0.4 is 0 Å². The largest absolute Gasteiger partial charge is 0.385 e. The quantitative estimate of drug-likeness (QED) is 0.788. The lowest BCUT2D eigenvalue weighted by Gasteiger charge is -2.21. The van der Waals surface area contributed by atoms with Crippen LogP contribution in [-0.2, 0) is 10.4 Å². The third-order valence-electron chi connectivity index (χ3n) is 1.99. The third-order valence-corrected chi connectivity index (χ3v) is 2.23. The molecule has 14 heavy (non-hydrogen) atoms. The molecule has 1 aromatic carbocycles. The Morgan fingerprint density at radius 3 is 2.79 bits per heavy atom. The van der Waals surface area contributed by atoms with E-state index in [0.717, 1.165) is 6.07 Å². The van der Waals surface area contributed by atoms with Crippen LogP contribution in [0.3, 0.4) is 0 Å². The first kappa shape index (κ1) is 11.1. The van der Waals surface area contributed by atoms with E-state index in [2.05, 4.69) is 0 Å². The van der Waals surface area contributed by atoms with Crippen molar-refractivity contribution in [3.8, 4) is 0 Å². The van der Waals surface area contributed by atoms with Crippen LogP contribution in [0.2, 0.25) is 5.02 Å². The van der Waals surface area contributed by atoms with Crippen molar-refractivity contribution >= 4 is 17.9 Å². The van der Waals surface area contributed by atoms with Gasteiger partial charge in [-0.05, 0) is 19.1 Å². The average molecular weight is 217 g/mol. The van der Waals surface area contributed by atoms with Gasteiger partial charge in [-0.2, -0.15) is 0 Å². The highest BCUT2D eigenvalue weighted by Gasteiger charge is 2.25. The first-order valence-corrected chi connectivity index (χ1v) is 4.47. The summed E-state index contributed by atoms with van der Waals surface area (Å²) in [6.07, 6.45) is 0.402. The van der Waals surface area contributed by atoms with Crippen molar-refractivity contribution in [2.75, 3.05) is 0 Å². The predicted octanol–water partition coefficient (Wildman–Crippen LogP) is 2.28. The summed E-state index contributed by atoms with van der Waals surface area (Å²) in [7, 11) is 0. The summed E-state index contributed by atoms with van der Waals surface area (Å²) in [5, 5.41) is 10.0. The highest BCUT2D eigenvalue weighted by Crippen LogP contribution is 2.27. The molecule has 0 heterocycles. The van der Waals surface area contributed by atoms with E-state index in [9.17, 15) is 14.3 Å². The van der Waals surface area contributed by atoms with Crippen LogP contribution in [0.25, 0.3) is 0 Å². The number of benzene rings is 1. The second-order valence-corrected chi connectivity index (χ2v) is 3.71. The van der Waals surface area contributed by atoms with Crippen LogP contribution in [0, 0.1) is 5.82 Å². The molecule has 0 spiro atoms. The van der Waals surface area contributed by atoms with Crippen molar-refractivity contribution in [2.24, 2.45) is 0 Å². The van der Waals surface area contributed by atoms with E-state index in [-0.39, 0.29) is 17.0 Å². The van der Waals surface area contributed by atoms with E-state index < -0.39 is 11.4 Å². The van der Waals surface area contributed by atoms with Gasteiger partial charge in [-0.3, -0.25) is 0 Å². The molecule has 1 unspecified atom stereocenters. The van der Waals surface area contributed by atoms with Crippen molar-refractivity contribution in [1.29, 1.82) is 0 Å². The van der Waals surface area contributed by atoms with Gasteiger partial charge in [-0.15, -0.1) is 0 Å². The molecule has 0 aliphatic heterocycles. The first-order chi connectivity index (χ1) is 6.47. The molecule has 0 saturated heterocycles. The Morgan fingerprint density at radius 1 is 1.64 bits per heavy atom. The number of rotatable bonds is 3. The lowest BCUT2D eigenvalue weighted by molar-refractivity contribution is -0.112. The Balaban J connectivity index is 3.12. The van der Waals surface area contributed by atoms with Gasteiger partial charge in [0.15, 0.2) is 0 Å². The lowest BCUT2D eigenvalue weighted by Crippen LogP contribution is -2.23. The zero-order chi connectivity index (χ0) is 10.8. The number of aliphatic hydroxyl groups is 1. The maximum Gasteiger partial charge on any atom is 0.130 e. The maximum absolute atomic E-state index is 13.3.